The summed E-state index contributed by atoms with van der Waals surface area (Å²) in [4.78, 5) is 38.9. The number of carbonyl (C=O) groups excluding carboxylic acids is 2. The van der Waals surface area contributed by atoms with E-state index in [1.54, 1.807) is 60.0 Å². The molecule has 0 bridgehead atoms. The van der Waals surface area contributed by atoms with Gasteiger partial charge in [-0.1, -0.05) is 28.1 Å². The van der Waals surface area contributed by atoms with E-state index in [0.29, 0.717) is 22.6 Å². The third kappa shape index (κ3) is 4.12. The number of aryl methyl sites for hydroxylation is 1. The van der Waals surface area contributed by atoms with Gasteiger partial charge in [0.15, 0.2) is 5.11 Å². The summed E-state index contributed by atoms with van der Waals surface area (Å²) in [6.07, 6.45) is 1.51. The molecule has 1 aliphatic heterocycles. The van der Waals surface area contributed by atoms with Crippen molar-refractivity contribution >= 4 is 62.8 Å². The van der Waals surface area contributed by atoms with Gasteiger partial charge in [-0.2, -0.15) is 0 Å². The van der Waals surface area contributed by atoms with Gasteiger partial charge in [0.05, 0.1) is 16.9 Å². The lowest BCUT2D eigenvalue weighted by Gasteiger charge is -2.29. The predicted octanol–water partition coefficient (Wildman–Crippen LogP) is 4.39. The number of aromatic nitrogens is 1. The zero-order valence-electron chi connectivity index (χ0n) is 17.6. The molecule has 2 aromatic carbocycles. The van der Waals surface area contributed by atoms with Gasteiger partial charge in [-0.3, -0.25) is 19.8 Å². The molecule has 0 radical (unpaired) electrons. The summed E-state index contributed by atoms with van der Waals surface area (Å²) < 4.78 is 2.63. The lowest BCUT2D eigenvalue weighted by atomic mass is 10.1. The van der Waals surface area contributed by atoms with Crippen LogP contribution in [0.15, 0.2) is 64.6 Å². The van der Waals surface area contributed by atoms with Crippen molar-refractivity contribution in [3.63, 3.8) is 0 Å². The van der Waals surface area contributed by atoms with Crippen LogP contribution in [0.3, 0.4) is 0 Å². The van der Waals surface area contributed by atoms with Gasteiger partial charge in [-0.05, 0) is 80.2 Å². The number of rotatable bonds is 4. The second kappa shape index (κ2) is 8.76. The minimum atomic E-state index is -1.04. The van der Waals surface area contributed by atoms with Crippen LogP contribution in [0, 0.1) is 13.8 Å². The van der Waals surface area contributed by atoms with Crippen LogP contribution in [0.25, 0.3) is 11.8 Å². The van der Waals surface area contributed by atoms with Crippen molar-refractivity contribution in [1.29, 1.82) is 0 Å². The number of nitrogens with one attached hydrogen (secondary N) is 1. The lowest BCUT2D eigenvalue weighted by molar-refractivity contribution is -0.122. The van der Waals surface area contributed by atoms with Crippen molar-refractivity contribution in [2.75, 3.05) is 4.90 Å². The number of thiocarbonyl (C=S) groups is 1. The van der Waals surface area contributed by atoms with Gasteiger partial charge in [0.25, 0.3) is 11.8 Å². The number of benzene rings is 2. The predicted molar refractivity (Wildman–Crippen MR) is 133 cm³/mol. The molecule has 2 heterocycles. The molecule has 9 heteroatoms. The molecule has 4 rings (SSSR count). The Morgan fingerprint density at radius 1 is 1.09 bits per heavy atom. The van der Waals surface area contributed by atoms with Crippen LogP contribution < -0.4 is 10.2 Å². The molecule has 0 unspecified atom stereocenters. The highest BCUT2D eigenvalue weighted by Crippen LogP contribution is 2.28. The molecule has 1 fully saturated rings. The molecular formula is C24H18BrN3O4S. The van der Waals surface area contributed by atoms with E-state index < -0.39 is 17.8 Å². The second-order valence-electron chi connectivity index (χ2n) is 7.42. The first kappa shape index (κ1) is 22.6. The summed E-state index contributed by atoms with van der Waals surface area (Å²) in [5.41, 5.74) is 3.18. The highest BCUT2D eigenvalue weighted by atomic mass is 79.9. The first-order valence-corrected chi connectivity index (χ1v) is 11.1. The normalized spacial score (nSPS) is 15.2. The monoisotopic (exact) mass is 523 g/mol. The molecule has 2 N–H and O–H groups in total. The Labute approximate surface area is 203 Å². The van der Waals surface area contributed by atoms with Gasteiger partial charge in [-0.15, -0.1) is 0 Å². The number of amides is 2. The first-order valence-electron chi connectivity index (χ1n) is 9.87. The van der Waals surface area contributed by atoms with E-state index in [1.807, 2.05) is 6.92 Å². The molecule has 2 amide bonds. The minimum absolute atomic E-state index is 0.00494. The Kier molecular flexibility index (Phi) is 6.01. The van der Waals surface area contributed by atoms with Crippen LogP contribution in [-0.4, -0.2) is 32.6 Å². The van der Waals surface area contributed by atoms with Gasteiger partial charge in [0, 0.05) is 15.9 Å². The summed E-state index contributed by atoms with van der Waals surface area (Å²) in [6.45, 7) is 3.64. The van der Waals surface area contributed by atoms with E-state index in [2.05, 4.69) is 21.2 Å². The Balaban J connectivity index is 1.79. The van der Waals surface area contributed by atoms with Crippen LogP contribution in [0.5, 0.6) is 0 Å². The van der Waals surface area contributed by atoms with E-state index in [0.717, 1.165) is 10.2 Å². The summed E-state index contributed by atoms with van der Waals surface area (Å²) in [7, 11) is 0. The average Bonchev–Trinajstić information content (AvgIpc) is 3.05. The van der Waals surface area contributed by atoms with Crippen molar-refractivity contribution < 1.29 is 19.5 Å². The number of nitrogens with zero attached hydrogens (tertiary/aromatic N) is 2. The standard InChI is InChI=1S/C24H18BrN3O4S/c1-13-11-15(14(2)27(13)20-6-4-3-5-18(20)23(31)32)12-19-21(29)26-24(33)28(22(19)30)17-9-7-16(25)8-10-17/h3-12H,1-2H3,(H,31,32)(H,26,29,33)/b19-12+. The highest BCUT2D eigenvalue weighted by Gasteiger charge is 2.34. The maximum atomic E-state index is 13.3. The van der Waals surface area contributed by atoms with Crippen molar-refractivity contribution in [3.05, 3.63) is 87.2 Å². The van der Waals surface area contributed by atoms with Gasteiger partial charge in [-0.25, -0.2) is 4.79 Å². The summed E-state index contributed by atoms with van der Waals surface area (Å²) in [6, 6.07) is 15.5. The van der Waals surface area contributed by atoms with Crippen LogP contribution in [0.4, 0.5) is 5.69 Å². The van der Waals surface area contributed by atoms with Crippen molar-refractivity contribution in [1.82, 2.24) is 9.88 Å². The van der Waals surface area contributed by atoms with Crippen molar-refractivity contribution in [3.8, 4) is 5.69 Å². The Morgan fingerprint density at radius 2 is 1.76 bits per heavy atom. The summed E-state index contributed by atoms with van der Waals surface area (Å²) >= 11 is 8.60. The van der Waals surface area contributed by atoms with Gasteiger partial charge in [0.2, 0.25) is 0 Å². The molecule has 1 saturated heterocycles. The zero-order chi connectivity index (χ0) is 23.9. The van der Waals surface area contributed by atoms with E-state index >= 15 is 0 Å². The summed E-state index contributed by atoms with van der Waals surface area (Å²) in [5, 5.41) is 12.2. The van der Waals surface area contributed by atoms with Crippen LogP contribution in [0.1, 0.15) is 27.3 Å². The summed E-state index contributed by atoms with van der Waals surface area (Å²) in [5.74, 6) is -2.17. The maximum absolute atomic E-state index is 13.3. The number of carboxylic acid groups (broad SMARTS) is 1. The van der Waals surface area contributed by atoms with Crippen molar-refractivity contribution in [2.24, 2.45) is 0 Å². The van der Waals surface area contributed by atoms with Crippen LogP contribution in [0.2, 0.25) is 0 Å². The topological polar surface area (TPSA) is 91.6 Å². The maximum Gasteiger partial charge on any atom is 0.337 e. The zero-order valence-corrected chi connectivity index (χ0v) is 20.0. The van der Waals surface area contributed by atoms with E-state index in [9.17, 15) is 19.5 Å². The number of anilines is 1. The molecule has 0 aliphatic carbocycles. The third-order valence-corrected chi connectivity index (χ3v) is 6.15. The fourth-order valence-electron chi connectivity index (χ4n) is 3.79. The number of carbonyl (C=O) groups is 3. The number of hydrogen-bond donors (Lipinski definition) is 2. The molecule has 3 aromatic rings. The Morgan fingerprint density at radius 3 is 2.42 bits per heavy atom. The van der Waals surface area contributed by atoms with Gasteiger partial charge in [0.1, 0.15) is 5.57 Å². The van der Waals surface area contributed by atoms with Crippen LogP contribution in [-0.2, 0) is 9.59 Å². The molecule has 7 nitrogen and oxygen atoms in total. The first-order chi connectivity index (χ1) is 15.7. The minimum Gasteiger partial charge on any atom is -0.478 e. The number of carboxylic acids is 1. The Hall–Kier alpha value is -3.56. The van der Waals surface area contributed by atoms with Crippen molar-refractivity contribution in [2.45, 2.75) is 13.8 Å². The van der Waals surface area contributed by atoms with Gasteiger partial charge >= 0.3 is 5.97 Å². The Bertz CT molecular complexity index is 1360. The smallest absolute Gasteiger partial charge is 0.337 e. The average molecular weight is 524 g/mol. The molecule has 33 heavy (non-hydrogen) atoms. The quantitative estimate of drug-likeness (QED) is 0.300. The van der Waals surface area contributed by atoms with E-state index in [1.165, 1.54) is 17.0 Å². The molecule has 1 aromatic heterocycles. The number of para-hydroxylation sites is 1. The molecule has 1 aliphatic rings. The molecule has 0 saturated carbocycles. The second-order valence-corrected chi connectivity index (χ2v) is 8.72. The van der Waals surface area contributed by atoms with Gasteiger partial charge < -0.3 is 9.67 Å². The molecule has 0 spiro atoms. The number of halogens is 1. The SMILES string of the molecule is Cc1cc(/C=C2\C(=O)NC(=S)N(c3ccc(Br)cc3)C2=O)c(C)n1-c1ccccc1C(=O)O. The number of aromatic carboxylic acids is 1. The third-order valence-electron chi connectivity index (χ3n) is 5.33. The van der Waals surface area contributed by atoms with E-state index in [-0.39, 0.29) is 16.2 Å². The van der Waals surface area contributed by atoms with E-state index in [4.69, 9.17) is 12.2 Å². The highest BCUT2D eigenvalue weighted by molar-refractivity contribution is 9.10. The molecular weight excluding hydrogens is 506 g/mol. The number of hydrogen-bond acceptors (Lipinski definition) is 4. The van der Waals surface area contributed by atoms with Crippen LogP contribution >= 0.6 is 28.1 Å². The fraction of sp³-hybridized carbons (Fsp3) is 0.0833. The molecule has 0 atom stereocenters. The lowest BCUT2D eigenvalue weighted by Crippen LogP contribution is -2.54. The fourth-order valence-corrected chi connectivity index (χ4v) is 4.34. The molecule has 166 valence electrons. The largest absolute Gasteiger partial charge is 0.478 e.